The van der Waals surface area contributed by atoms with Crippen LogP contribution in [0.25, 0.3) is 0 Å². The largest absolute Gasteiger partial charge is 0.481 e. The van der Waals surface area contributed by atoms with Crippen molar-refractivity contribution in [1.82, 2.24) is 4.31 Å². The molecule has 5 nitrogen and oxygen atoms in total. The van der Waals surface area contributed by atoms with Crippen LogP contribution >= 0.6 is 11.8 Å². The van der Waals surface area contributed by atoms with Gasteiger partial charge in [0.25, 0.3) is 0 Å². The standard InChI is InChI=1S/C29H32FNO4S2/c1-4-5-9-25-28(36-23-14-10-19(2)11-15-23)26(29(32)33)27(21-7-6-8-22(30)18-21)31(25)37(34,35)24-16-12-20(3)13-17-24/h6-8,10-18,25-28H,4-5,9H2,1-3H3,(H,32,33)/t25?,26-,27?,28+/m0/s1. The van der Waals surface area contributed by atoms with Crippen molar-refractivity contribution in [3.63, 3.8) is 0 Å². The second-order valence-corrected chi connectivity index (χ2v) is 12.7. The summed E-state index contributed by atoms with van der Waals surface area (Å²) in [6, 6.07) is 18.4. The van der Waals surface area contributed by atoms with Gasteiger partial charge >= 0.3 is 5.97 Å². The lowest BCUT2D eigenvalue weighted by Gasteiger charge is -2.31. The summed E-state index contributed by atoms with van der Waals surface area (Å²) in [5, 5.41) is 9.94. The predicted octanol–water partition coefficient (Wildman–Crippen LogP) is 6.61. The molecule has 37 heavy (non-hydrogen) atoms. The third kappa shape index (κ3) is 5.76. The van der Waals surface area contributed by atoms with Gasteiger partial charge in [0.2, 0.25) is 10.0 Å². The van der Waals surface area contributed by atoms with E-state index in [2.05, 4.69) is 0 Å². The van der Waals surface area contributed by atoms with Gasteiger partial charge in [-0.15, -0.1) is 11.8 Å². The maximum absolute atomic E-state index is 14.4. The van der Waals surface area contributed by atoms with Crippen LogP contribution < -0.4 is 0 Å². The molecule has 0 bridgehead atoms. The van der Waals surface area contributed by atoms with Gasteiger partial charge in [-0.2, -0.15) is 4.31 Å². The number of thioether (sulfide) groups is 1. The van der Waals surface area contributed by atoms with Crippen molar-refractivity contribution in [1.29, 1.82) is 0 Å². The van der Waals surface area contributed by atoms with Gasteiger partial charge in [-0.3, -0.25) is 4.79 Å². The van der Waals surface area contributed by atoms with Crippen molar-refractivity contribution >= 4 is 27.8 Å². The van der Waals surface area contributed by atoms with Crippen molar-refractivity contribution in [2.75, 3.05) is 0 Å². The third-order valence-corrected chi connectivity index (χ3v) is 10.2. The number of carboxylic acids is 1. The van der Waals surface area contributed by atoms with Gasteiger partial charge in [-0.25, -0.2) is 12.8 Å². The van der Waals surface area contributed by atoms with Crippen LogP contribution in [0.15, 0.2) is 82.6 Å². The fourth-order valence-electron chi connectivity index (χ4n) is 5.04. The summed E-state index contributed by atoms with van der Waals surface area (Å²) in [6.45, 7) is 5.87. The van der Waals surface area contributed by atoms with Gasteiger partial charge in [-0.05, 0) is 62.2 Å². The number of hydrogen-bond acceptors (Lipinski definition) is 4. The Labute approximate surface area is 222 Å². The van der Waals surface area contributed by atoms with Crippen LogP contribution in [0.3, 0.4) is 0 Å². The zero-order chi connectivity index (χ0) is 26.7. The number of sulfonamides is 1. The van der Waals surface area contributed by atoms with Crippen LogP contribution in [-0.4, -0.2) is 35.1 Å². The third-order valence-electron chi connectivity index (χ3n) is 6.89. The quantitative estimate of drug-likeness (QED) is 0.330. The molecule has 3 aromatic rings. The molecule has 0 radical (unpaired) electrons. The Kier molecular flexibility index (Phi) is 8.41. The monoisotopic (exact) mass is 541 g/mol. The minimum atomic E-state index is -4.11. The average Bonchev–Trinajstić information content (AvgIpc) is 3.19. The highest BCUT2D eigenvalue weighted by atomic mass is 32.2. The first-order valence-corrected chi connectivity index (χ1v) is 14.8. The summed E-state index contributed by atoms with van der Waals surface area (Å²) in [4.78, 5) is 13.8. The molecule has 0 saturated carbocycles. The highest BCUT2D eigenvalue weighted by molar-refractivity contribution is 8.00. The van der Waals surface area contributed by atoms with E-state index in [0.29, 0.717) is 12.0 Å². The fourth-order valence-corrected chi connectivity index (χ4v) is 8.43. The fraction of sp³-hybridized carbons (Fsp3) is 0.345. The summed E-state index contributed by atoms with van der Waals surface area (Å²) in [7, 11) is -4.11. The van der Waals surface area contributed by atoms with E-state index in [4.69, 9.17) is 0 Å². The number of carbonyl (C=O) groups is 1. The van der Waals surface area contributed by atoms with Crippen molar-refractivity contribution in [3.05, 3.63) is 95.3 Å². The molecule has 1 saturated heterocycles. The molecule has 3 aromatic carbocycles. The minimum Gasteiger partial charge on any atom is -0.481 e. The van der Waals surface area contributed by atoms with Gasteiger partial charge < -0.3 is 5.11 Å². The zero-order valence-corrected chi connectivity index (χ0v) is 22.8. The van der Waals surface area contributed by atoms with E-state index in [0.717, 1.165) is 28.9 Å². The normalized spacial score (nSPS) is 22.3. The van der Waals surface area contributed by atoms with Crippen molar-refractivity contribution < 1.29 is 22.7 Å². The second kappa shape index (κ2) is 11.4. The first-order valence-electron chi connectivity index (χ1n) is 12.4. The number of nitrogens with zero attached hydrogens (tertiary/aromatic N) is 1. The highest BCUT2D eigenvalue weighted by Gasteiger charge is 2.57. The lowest BCUT2D eigenvalue weighted by molar-refractivity contribution is -0.142. The van der Waals surface area contributed by atoms with Crippen molar-refractivity contribution in [3.8, 4) is 0 Å². The second-order valence-electron chi connectivity index (χ2n) is 9.62. The first kappa shape index (κ1) is 27.4. The van der Waals surface area contributed by atoms with E-state index < -0.39 is 45.1 Å². The number of aryl methyl sites for hydroxylation is 2. The van der Waals surface area contributed by atoms with Crippen molar-refractivity contribution in [2.45, 2.75) is 67.2 Å². The molecule has 0 aromatic heterocycles. The van der Waals surface area contributed by atoms with Gasteiger partial charge in [0.05, 0.1) is 16.9 Å². The topological polar surface area (TPSA) is 74.7 Å². The van der Waals surface area contributed by atoms with E-state index in [-0.39, 0.29) is 4.90 Å². The summed E-state index contributed by atoms with van der Waals surface area (Å²) in [6.07, 6.45) is 2.07. The first-order chi connectivity index (χ1) is 17.6. The Morgan fingerprint density at radius 2 is 1.62 bits per heavy atom. The molecule has 2 unspecified atom stereocenters. The maximum atomic E-state index is 14.4. The highest BCUT2D eigenvalue weighted by Crippen LogP contribution is 2.52. The van der Waals surface area contributed by atoms with E-state index in [9.17, 15) is 22.7 Å². The number of rotatable bonds is 9. The maximum Gasteiger partial charge on any atom is 0.309 e. The van der Waals surface area contributed by atoms with Crippen molar-refractivity contribution in [2.24, 2.45) is 5.92 Å². The zero-order valence-electron chi connectivity index (χ0n) is 21.2. The molecule has 0 spiro atoms. The number of benzene rings is 3. The Hall–Kier alpha value is -2.68. The van der Waals surface area contributed by atoms with E-state index >= 15 is 0 Å². The summed E-state index contributed by atoms with van der Waals surface area (Å²) >= 11 is 1.39. The van der Waals surface area contributed by atoms with Crippen LogP contribution in [0.5, 0.6) is 0 Å². The molecule has 1 aliphatic rings. The lowest BCUT2D eigenvalue weighted by Crippen LogP contribution is -2.40. The van der Waals surface area contributed by atoms with Crippen LogP contribution in [0, 0.1) is 25.6 Å². The molecule has 1 heterocycles. The number of halogens is 1. The Bertz CT molecular complexity index is 1340. The van der Waals surface area contributed by atoms with Gasteiger partial charge in [0.1, 0.15) is 5.82 Å². The van der Waals surface area contributed by atoms with Crippen LogP contribution in [-0.2, 0) is 14.8 Å². The molecule has 8 heteroatoms. The molecule has 196 valence electrons. The van der Waals surface area contributed by atoms with E-state index in [1.807, 2.05) is 45.0 Å². The molecule has 1 fully saturated rings. The smallest absolute Gasteiger partial charge is 0.309 e. The molecule has 4 rings (SSSR count). The summed E-state index contributed by atoms with van der Waals surface area (Å²) < 4.78 is 44.2. The summed E-state index contributed by atoms with van der Waals surface area (Å²) in [5.41, 5.74) is 2.34. The average molecular weight is 542 g/mol. The Morgan fingerprint density at radius 1 is 1.00 bits per heavy atom. The molecule has 0 amide bonds. The SMILES string of the molecule is CCCCC1[C@@H](Sc2ccc(C)cc2)[C@@H](C(=O)O)C(c2cccc(F)c2)N1S(=O)(=O)c1ccc(C)cc1. The van der Waals surface area contributed by atoms with Gasteiger partial charge in [0, 0.05) is 16.2 Å². The molecular formula is C29H32FNO4S2. The minimum absolute atomic E-state index is 0.103. The Morgan fingerprint density at radius 3 is 2.19 bits per heavy atom. The van der Waals surface area contributed by atoms with E-state index in [1.165, 1.54) is 34.3 Å². The molecule has 4 atom stereocenters. The van der Waals surface area contributed by atoms with Crippen LogP contribution in [0.4, 0.5) is 4.39 Å². The van der Waals surface area contributed by atoms with Gasteiger partial charge in [0.15, 0.2) is 0 Å². The van der Waals surface area contributed by atoms with E-state index in [1.54, 1.807) is 30.3 Å². The Balaban J connectivity index is 1.92. The number of hydrogen-bond donors (Lipinski definition) is 1. The van der Waals surface area contributed by atoms with Gasteiger partial charge in [-0.1, -0.05) is 67.3 Å². The van der Waals surface area contributed by atoms with Crippen LogP contribution in [0.1, 0.15) is 48.9 Å². The number of carboxylic acid groups (broad SMARTS) is 1. The summed E-state index contributed by atoms with van der Waals surface area (Å²) in [5.74, 6) is -2.70. The molecular weight excluding hydrogens is 509 g/mol. The molecule has 1 N–H and O–H groups in total. The molecule has 0 aliphatic carbocycles. The predicted molar refractivity (Wildman–Crippen MR) is 145 cm³/mol. The molecule has 1 aliphatic heterocycles. The number of aliphatic carboxylic acids is 1. The lowest BCUT2D eigenvalue weighted by atomic mass is 9.92. The van der Waals surface area contributed by atoms with Crippen LogP contribution in [0.2, 0.25) is 0 Å². The number of unbranched alkanes of at least 4 members (excludes halogenated alkanes) is 1.